The molecular formula is C15H20N2O3. The fraction of sp³-hybridized carbons (Fsp3) is 0.333. The van der Waals surface area contributed by atoms with Crippen LogP contribution >= 0.6 is 0 Å². The zero-order valence-electron chi connectivity index (χ0n) is 12.4. The number of carboxylic acid groups (broad SMARTS) is 1. The summed E-state index contributed by atoms with van der Waals surface area (Å²) in [5.74, 6) is 1.90. The summed E-state index contributed by atoms with van der Waals surface area (Å²) in [6.07, 6.45) is 0. The molecule has 2 aromatic rings. The number of H-pyrrole nitrogens is 1. The molecule has 20 heavy (non-hydrogen) atoms. The fourth-order valence-corrected chi connectivity index (χ4v) is 2.30. The average molecular weight is 276 g/mol. The van der Waals surface area contributed by atoms with E-state index in [9.17, 15) is 0 Å². The van der Waals surface area contributed by atoms with E-state index in [0.29, 0.717) is 0 Å². The standard InChI is InChI=1S/C14H18N2O.CH2O2/c1-8-6-12(7-9(2)14(8)17-5)13-10(3)15-11(4)16-13;2-1-3/h6-7H,1-5H3,(H,15,16);1H,(H,2,3). The summed E-state index contributed by atoms with van der Waals surface area (Å²) in [5, 5.41) is 6.89. The Morgan fingerprint density at radius 3 is 2.05 bits per heavy atom. The van der Waals surface area contributed by atoms with Crippen molar-refractivity contribution < 1.29 is 14.6 Å². The molecule has 108 valence electrons. The normalized spacial score (nSPS) is 9.65. The van der Waals surface area contributed by atoms with Crippen LogP contribution in [0.1, 0.15) is 22.6 Å². The number of ether oxygens (including phenoxy) is 1. The van der Waals surface area contributed by atoms with Gasteiger partial charge in [0, 0.05) is 11.3 Å². The van der Waals surface area contributed by atoms with Crippen LogP contribution in [0, 0.1) is 27.7 Å². The molecule has 0 fully saturated rings. The molecule has 1 aromatic carbocycles. The third-order valence-electron chi connectivity index (χ3n) is 2.94. The topological polar surface area (TPSA) is 75.2 Å². The van der Waals surface area contributed by atoms with E-state index in [1.807, 2.05) is 13.8 Å². The van der Waals surface area contributed by atoms with E-state index in [1.54, 1.807) is 7.11 Å². The van der Waals surface area contributed by atoms with Crippen molar-refractivity contribution in [3.05, 3.63) is 34.8 Å². The van der Waals surface area contributed by atoms with Gasteiger partial charge in [-0.15, -0.1) is 0 Å². The number of hydrogen-bond donors (Lipinski definition) is 2. The SMILES string of the molecule is COc1c(C)cc(-c2nc(C)[nH]c2C)cc1C.O=CO. The summed E-state index contributed by atoms with van der Waals surface area (Å²) in [4.78, 5) is 16.1. The van der Waals surface area contributed by atoms with Gasteiger partial charge in [-0.2, -0.15) is 0 Å². The van der Waals surface area contributed by atoms with Gasteiger partial charge in [0.25, 0.3) is 6.47 Å². The van der Waals surface area contributed by atoms with Crippen molar-refractivity contribution in [1.82, 2.24) is 9.97 Å². The number of methoxy groups -OCH3 is 1. The summed E-state index contributed by atoms with van der Waals surface area (Å²) in [5.41, 5.74) is 5.55. The van der Waals surface area contributed by atoms with E-state index in [1.165, 1.54) is 0 Å². The van der Waals surface area contributed by atoms with Crippen molar-refractivity contribution >= 4 is 6.47 Å². The van der Waals surface area contributed by atoms with E-state index in [0.717, 1.165) is 39.7 Å². The van der Waals surface area contributed by atoms with E-state index in [2.05, 4.69) is 35.9 Å². The van der Waals surface area contributed by atoms with Gasteiger partial charge in [0.05, 0.1) is 12.8 Å². The van der Waals surface area contributed by atoms with Gasteiger partial charge in [0.1, 0.15) is 11.6 Å². The smallest absolute Gasteiger partial charge is 0.290 e. The largest absolute Gasteiger partial charge is 0.496 e. The predicted octanol–water partition coefficient (Wildman–Crippen LogP) is 3.02. The molecular weight excluding hydrogens is 256 g/mol. The number of aromatic amines is 1. The molecule has 0 aliphatic heterocycles. The lowest BCUT2D eigenvalue weighted by Crippen LogP contribution is -1.93. The first-order valence-electron chi connectivity index (χ1n) is 6.21. The maximum absolute atomic E-state index is 8.36. The van der Waals surface area contributed by atoms with Crippen molar-refractivity contribution in [2.75, 3.05) is 7.11 Å². The number of aryl methyl sites for hydroxylation is 4. The summed E-state index contributed by atoms with van der Waals surface area (Å²) in [6.45, 7) is 7.89. The van der Waals surface area contributed by atoms with E-state index < -0.39 is 0 Å². The molecule has 0 amide bonds. The molecule has 0 saturated heterocycles. The summed E-state index contributed by atoms with van der Waals surface area (Å²) in [7, 11) is 1.71. The molecule has 0 saturated carbocycles. The van der Waals surface area contributed by atoms with Gasteiger partial charge in [-0.3, -0.25) is 4.79 Å². The van der Waals surface area contributed by atoms with Gasteiger partial charge in [-0.05, 0) is 51.0 Å². The highest BCUT2D eigenvalue weighted by molar-refractivity contribution is 5.66. The number of rotatable bonds is 2. The highest BCUT2D eigenvalue weighted by atomic mass is 16.5. The molecule has 2 rings (SSSR count). The number of benzene rings is 1. The second-order valence-electron chi connectivity index (χ2n) is 4.54. The molecule has 0 radical (unpaired) electrons. The molecule has 0 unspecified atom stereocenters. The maximum Gasteiger partial charge on any atom is 0.290 e. The summed E-state index contributed by atoms with van der Waals surface area (Å²) in [6, 6.07) is 4.24. The van der Waals surface area contributed by atoms with Crippen molar-refractivity contribution in [3.8, 4) is 17.0 Å². The number of nitrogens with one attached hydrogen (secondary N) is 1. The molecule has 1 aromatic heterocycles. The molecule has 5 heteroatoms. The van der Waals surface area contributed by atoms with Gasteiger partial charge < -0.3 is 14.8 Å². The first-order valence-corrected chi connectivity index (χ1v) is 6.21. The number of carbonyl (C=O) groups is 1. The van der Waals surface area contributed by atoms with Crippen molar-refractivity contribution in [1.29, 1.82) is 0 Å². The lowest BCUT2D eigenvalue weighted by molar-refractivity contribution is -0.122. The Bertz CT molecular complexity index is 580. The highest BCUT2D eigenvalue weighted by Crippen LogP contribution is 2.30. The minimum Gasteiger partial charge on any atom is -0.496 e. The fourth-order valence-electron chi connectivity index (χ4n) is 2.30. The molecule has 2 N–H and O–H groups in total. The predicted molar refractivity (Wildman–Crippen MR) is 78.2 cm³/mol. The van der Waals surface area contributed by atoms with Gasteiger partial charge in [-0.1, -0.05) is 0 Å². The second kappa shape index (κ2) is 6.75. The summed E-state index contributed by atoms with van der Waals surface area (Å²) >= 11 is 0. The Kier molecular flexibility index (Phi) is 5.32. The molecule has 0 spiro atoms. The number of nitrogens with zero attached hydrogens (tertiary/aromatic N) is 1. The Morgan fingerprint density at radius 2 is 1.70 bits per heavy atom. The first-order chi connectivity index (χ1) is 9.44. The molecule has 0 aliphatic carbocycles. The van der Waals surface area contributed by atoms with Crippen molar-refractivity contribution in [2.45, 2.75) is 27.7 Å². The average Bonchev–Trinajstić information content (AvgIpc) is 2.69. The van der Waals surface area contributed by atoms with Gasteiger partial charge in [-0.25, -0.2) is 4.98 Å². The van der Waals surface area contributed by atoms with Crippen LogP contribution in [-0.2, 0) is 4.79 Å². The van der Waals surface area contributed by atoms with Crippen LogP contribution in [0.4, 0.5) is 0 Å². The van der Waals surface area contributed by atoms with Gasteiger partial charge >= 0.3 is 0 Å². The molecule has 0 aliphatic rings. The zero-order chi connectivity index (χ0) is 15.3. The monoisotopic (exact) mass is 276 g/mol. The van der Waals surface area contributed by atoms with Crippen LogP contribution in [-0.4, -0.2) is 28.7 Å². The van der Waals surface area contributed by atoms with Gasteiger partial charge in [0.15, 0.2) is 0 Å². The summed E-state index contributed by atoms with van der Waals surface area (Å²) < 4.78 is 5.37. The van der Waals surface area contributed by atoms with E-state index in [-0.39, 0.29) is 6.47 Å². The first kappa shape index (κ1) is 15.8. The molecule has 5 nitrogen and oxygen atoms in total. The molecule has 0 atom stereocenters. The molecule has 0 bridgehead atoms. The second-order valence-corrected chi connectivity index (χ2v) is 4.54. The van der Waals surface area contributed by atoms with Crippen molar-refractivity contribution in [2.24, 2.45) is 0 Å². The lowest BCUT2D eigenvalue weighted by atomic mass is 10.0. The number of imidazole rings is 1. The van der Waals surface area contributed by atoms with Crippen LogP contribution in [0.5, 0.6) is 5.75 Å². The van der Waals surface area contributed by atoms with Crippen LogP contribution in [0.15, 0.2) is 12.1 Å². The van der Waals surface area contributed by atoms with Crippen LogP contribution in [0.25, 0.3) is 11.3 Å². The van der Waals surface area contributed by atoms with Crippen LogP contribution < -0.4 is 4.74 Å². The lowest BCUT2D eigenvalue weighted by Gasteiger charge is -2.10. The quantitative estimate of drug-likeness (QED) is 0.827. The zero-order valence-corrected chi connectivity index (χ0v) is 12.4. The highest BCUT2D eigenvalue weighted by Gasteiger charge is 2.11. The van der Waals surface area contributed by atoms with E-state index in [4.69, 9.17) is 14.6 Å². The third-order valence-corrected chi connectivity index (χ3v) is 2.94. The Labute approximate surface area is 118 Å². The van der Waals surface area contributed by atoms with E-state index >= 15 is 0 Å². The minimum absolute atomic E-state index is 0.250. The Hall–Kier alpha value is -2.30. The van der Waals surface area contributed by atoms with Crippen LogP contribution in [0.2, 0.25) is 0 Å². The maximum atomic E-state index is 8.36. The van der Waals surface area contributed by atoms with Gasteiger partial charge in [0.2, 0.25) is 0 Å². The Morgan fingerprint density at radius 1 is 1.20 bits per heavy atom. The third kappa shape index (κ3) is 3.38. The van der Waals surface area contributed by atoms with Crippen LogP contribution in [0.3, 0.4) is 0 Å². The number of hydrogen-bond acceptors (Lipinski definition) is 3. The molecule has 1 heterocycles. The minimum atomic E-state index is -0.250. The number of aromatic nitrogens is 2. The Balaban J connectivity index is 0.000000612. The van der Waals surface area contributed by atoms with Crippen molar-refractivity contribution in [3.63, 3.8) is 0 Å².